The lowest BCUT2D eigenvalue weighted by Gasteiger charge is -2.07. The molecule has 2 nitrogen and oxygen atoms in total. The molecule has 2 rings (SSSR count). The molecule has 3 unspecified atom stereocenters. The first-order chi connectivity index (χ1) is 7.74. The lowest BCUT2D eigenvalue weighted by Crippen LogP contribution is -2.31. The van der Waals surface area contributed by atoms with Crippen molar-refractivity contribution in [1.82, 2.24) is 0 Å². The summed E-state index contributed by atoms with van der Waals surface area (Å²) in [6.45, 7) is 3.61. The first-order valence-corrected chi connectivity index (χ1v) is 5.69. The van der Waals surface area contributed by atoms with E-state index >= 15 is 0 Å². The molecular formula is C14H17NO. The fourth-order valence-corrected chi connectivity index (χ4v) is 2.15. The SMILES string of the molecule is C=CCC(N)C(=O)C1CC1c1ccccc1. The maximum Gasteiger partial charge on any atom is 0.153 e. The molecule has 2 N–H and O–H groups in total. The Kier molecular flexibility index (Phi) is 3.20. The van der Waals surface area contributed by atoms with Crippen molar-refractivity contribution in [2.45, 2.75) is 24.8 Å². The van der Waals surface area contributed by atoms with E-state index in [9.17, 15) is 4.79 Å². The molecular weight excluding hydrogens is 198 g/mol. The molecule has 0 amide bonds. The van der Waals surface area contributed by atoms with Crippen LogP contribution in [0.4, 0.5) is 0 Å². The van der Waals surface area contributed by atoms with Crippen LogP contribution < -0.4 is 5.73 Å². The van der Waals surface area contributed by atoms with Crippen molar-refractivity contribution in [2.75, 3.05) is 0 Å². The largest absolute Gasteiger partial charge is 0.321 e. The van der Waals surface area contributed by atoms with Crippen molar-refractivity contribution >= 4 is 5.78 Å². The molecule has 16 heavy (non-hydrogen) atoms. The summed E-state index contributed by atoms with van der Waals surface area (Å²) in [5.41, 5.74) is 7.04. The zero-order valence-corrected chi connectivity index (χ0v) is 9.30. The van der Waals surface area contributed by atoms with Crippen LogP contribution in [0.25, 0.3) is 0 Å². The van der Waals surface area contributed by atoms with E-state index in [2.05, 4.69) is 18.7 Å². The third-order valence-corrected chi connectivity index (χ3v) is 3.17. The minimum absolute atomic E-state index is 0.136. The van der Waals surface area contributed by atoms with Gasteiger partial charge in [0, 0.05) is 5.92 Å². The highest BCUT2D eigenvalue weighted by Gasteiger charge is 2.44. The second kappa shape index (κ2) is 4.62. The molecule has 1 fully saturated rings. The molecule has 0 heterocycles. The molecule has 1 aromatic rings. The number of carbonyl (C=O) groups excluding carboxylic acids is 1. The Hall–Kier alpha value is -1.41. The summed E-state index contributed by atoms with van der Waals surface area (Å²) in [7, 11) is 0. The van der Waals surface area contributed by atoms with Gasteiger partial charge in [0.2, 0.25) is 0 Å². The van der Waals surface area contributed by atoms with Gasteiger partial charge in [0.1, 0.15) is 0 Å². The van der Waals surface area contributed by atoms with Gasteiger partial charge in [-0.25, -0.2) is 0 Å². The normalized spacial score (nSPS) is 24.8. The average Bonchev–Trinajstić information content (AvgIpc) is 3.09. The van der Waals surface area contributed by atoms with Crippen LogP contribution in [0.2, 0.25) is 0 Å². The monoisotopic (exact) mass is 215 g/mol. The highest BCUT2D eigenvalue weighted by molar-refractivity contribution is 5.89. The van der Waals surface area contributed by atoms with Crippen LogP contribution >= 0.6 is 0 Å². The topological polar surface area (TPSA) is 43.1 Å². The minimum Gasteiger partial charge on any atom is -0.321 e. The van der Waals surface area contributed by atoms with Gasteiger partial charge < -0.3 is 5.73 Å². The molecule has 1 aliphatic carbocycles. The third kappa shape index (κ3) is 2.22. The number of carbonyl (C=O) groups is 1. The molecule has 0 spiro atoms. The number of hydrogen-bond acceptors (Lipinski definition) is 2. The van der Waals surface area contributed by atoms with Gasteiger partial charge in [-0.15, -0.1) is 6.58 Å². The highest BCUT2D eigenvalue weighted by Crippen LogP contribution is 2.48. The standard InChI is InChI=1S/C14H17NO/c1-2-6-13(15)14(16)12-9-11(12)10-7-4-3-5-8-10/h2-5,7-8,11-13H,1,6,9,15H2. The number of ketones is 1. The predicted molar refractivity (Wildman–Crippen MR) is 65.1 cm³/mol. The lowest BCUT2D eigenvalue weighted by molar-refractivity contribution is -0.121. The predicted octanol–water partition coefficient (Wildman–Crippen LogP) is 2.26. The molecule has 0 aromatic heterocycles. The molecule has 0 radical (unpaired) electrons. The van der Waals surface area contributed by atoms with Crippen molar-refractivity contribution in [2.24, 2.45) is 11.7 Å². The summed E-state index contributed by atoms with van der Waals surface area (Å²) < 4.78 is 0. The van der Waals surface area contributed by atoms with Crippen LogP contribution in [0, 0.1) is 5.92 Å². The van der Waals surface area contributed by atoms with Crippen molar-refractivity contribution < 1.29 is 4.79 Å². The van der Waals surface area contributed by atoms with Crippen LogP contribution in [0.1, 0.15) is 24.3 Å². The van der Waals surface area contributed by atoms with Gasteiger partial charge in [0.15, 0.2) is 5.78 Å². The molecule has 1 saturated carbocycles. The fraction of sp³-hybridized carbons (Fsp3) is 0.357. The lowest BCUT2D eigenvalue weighted by atomic mass is 10.0. The van der Waals surface area contributed by atoms with Gasteiger partial charge in [-0.1, -0.05) is 36.4 Å². The molecule has 1 aromatic carbocycles. The summed E-state index contributed by atoms with van der Waals surface area (Å²) >= 11 is 0. The van der Waals surface area contributed by atoms with Crippen molar-refractivity contribution in [3.8, 4) is 0 Å². The van der Waals surface area contributed by atoms with Gasteiger partial charge in [-0.2, -0.15) is 0 Å². The minimum atomic E-state index is -0.365. The average molecular weight is 215 g/mol. The summed E-state index contributed by atoms with van der Waals surface area (Å²) in [5.74, 6) is 0.718. The van der Waals surface area contributed by atoms with Gasteiger partial charge >= 0.3 is 0 Å². The van der Waals surface area contributed by atoms with Crippen LogP contribution in [0.5, 0.6) is 0 Å². The number of rotatable bonds is 5. The van der Waals surface area contributed by atoms with Crippen LogP contribution in [-0.2, 0) is 4.79 Å². The van der Waals surface area contributed by atoms with E-state index in [4.69, 9.17) is 5.73 Å². The molecule has 3 atom stereocenters. The second-order valence-electron chi connectivity index (χ2n) is 4.39. The van der Waals surface area contributed by atoms with Crippen LogP contribution in [-0.4, -0.2) is 11.8 Å². The summed E-state index contributed by atoms with van der Waals surface area (Å²) in [6, 6.07) is 9.81. The van der Waals surface area contributed by atoms with Gasteiger partial charge in [0.25, 0.3) is 0 Å². The Morgan fingerprint density at radius 1 is 1.50 bits per heavy atom. The maximum atomic E-state index is 11.9. The first kappa shape index (κ1) is 11.1. The Bertz CT molecular complexity index is 385. The van der Waals surface area contributed by atoms with E-state index in [1.165, 1.54) is 5.56 Å². The molecule has 0 saturated heterocycles. The molecule has 84 valence electrons. The van der Waals surface area contributed by atoms with E-state index in [1.54, 1.807) is 6.08 Å². The first-order valence-electron chi connectivity index (χ1n) is 5.69. The Morgan fingerprint density at radius 3 is 2.81 bits per heavy atom. The number of benzene rings is 1. The van der Waals surface area contributed by atoms with Crippen molar-refractivity contribution in [3.05, 3.63) is 48.6 Å². The number of nitrogens with two attached hydrogens (primary N) is 1. The van der Waals surface area contributed by atoms with Gasteiger partial charge in [-0.3, -0.25) is 4.79 Å². The smallest absolute Gasteiger partial charge is 0.153 e. The fourth-order valence-electron chi connectivity index (χ4n) is 2.15. The highest BCUT2D eigenvalue weighted by atomic mass is 16.1. The Morgan fingerprint density at radius 2 is 2.19 bits per heavy atom. The van der Waals surface area contributed by atoms with Crippen LogP contribution in [0.3, 0.4) is 0 Å². The molecule has 2 heteroatoms. The van der Waals surface area contributed by atoms with Crippen molar-refractivity contribution in [3.63, 3.8) is 0 Å². The van der Waals surface area contributed by atoms with Crippen LogP contribution in [0.15, 0.2) is 43.0 Å². The summed E-state index contributed by atoms with van der Waals surface area (Å²) in [5, 5.41) is 0. The van der Waals surface area contributed by atoms with Gasteiger partial charge in [-0.05, 0) is 24.3 Å². The quantitative estimate of drug-likeness (QED) is 0.766. The van der Waals surface area contributed by atoms with E-state index < -0.39 is 0 Å². The van der Waals surface area contributed by atoms with E-state index in [1.807, 2.05) is 18.2 Å². The molecule has 1 aliphatic rings. The summed E-state index contributed by atoms with van der Waals surface area (Å²) in [4.78, 5) is 11.9. The van der Waals surface area contributed by atoms with E-state index in [-0.39, 0.29) is 17.7 Å². The zero-order valence-electron chi connectivity index (χ0n) is 9.30. The zero-order chi connectivity index (χ0) is 11.5. The maximum absolute atomic E-state index is 11.9. The third-order valence-electron chi connectivity index (χ3n) is 3.17. The van der Waals surface area contributed by atoms with Gasteiger partial charge in [0.05, 0.1) is 6.04 Å². The second-order valence-corrected chi connectivity index (χ2v) is 4.39. The Labute approximate surface area is 96.2 Å². The van der Waals surface area contributed by atoms with Crippen molar-refractivity contribution in [1.29, 1.82) is 0 Å². The Balaban J connectivity index is 1.96. The molecule has 0 bridgehead atoms. The number of hydrogen-bond donors (Lipinski definition) is 1. The van der Waals surface area contributed by atoms with E-state index in [0.717, 1.165) is 6.42 Å². The number of Topliss-reactive ketones (excluding diaryl/α,β-unsaturated/α-hetero) is 1. The van der Waals surface area contributed by atoms with E-state index in [0.29, 0.717) is 12.3 Å². The summed E-state index contributed by atoms with van der Waals surface area (Å²) in [6.07, 6.45) is 3.24. The molecule has 0 aliphatic heterocycles.